The topological polar surface area (TPSA) is 78.0 Å². The van der Waals surface area contributed by atoms with Crippen LogP contribution in [-0.2, 0) is 6.54 Å². The smallest absolute Gasteiger partial charge is 0.188 e. The number of aromatic nitrogens is 1. The zero-order valence-electron chi connectivity index (χ0n) is 12.9. The molecule has 116 valence electrons. The summed E-state index contributed by atoms with van der Waals surface area (Å²) in [7, 11) is 0. The van der Waals surface area contributed by atoms with Crippen molar-refractivity contribution in [1.29, 1.82) is 0 Å². The molecule has 3 N–H and O–H groups in total. The molecule has 0 bridgehead atoms. The third kappa shape index (κ3) is 4.15. The molecule has 1 aromatic rings. The molecule has 0 amide bonds. The molecule has 1 saturated heterocycles. The Hall–Kier alpha value is -1.66. The van der Waals surface area contributed by atoms with Crippen LogP contribution in [0.3, 0.4) is 0 Å². The quantitative estimate of drug-likeness (QED) is 0.367. The standard InChI is InChI=1S/C15H25N5O/c1-3-12(2)20-8-6-19(7-9-20)11-13-4-5-17-14(10-13)15(16)18-21/h4-5,10,12,21H,3,6-9,11H2,1-2H3,(H2,16,18). The number of hydrogen-bond acceptors (Lipinski definition) is 5. The van der Waals surface area contributed by atoms with Crippen LogP contribution in [0.2, 0.25) is 0 Å². The van der Waals surface area contributed by atoms with Gasteiger partial charge in [-0.1, -0.05) is 12.1 Å². The van der Waals surface area contributed by atoms with Gasteiger partial charge in [-0.2, -0.15) is 0 Å². The van der Waals surface area contributed by atoms with Gasteiger partial charge in [0.15, 0.2) is 5.84 Å². The Morgan fingerprint density at radius 2 is 2.14 bits per heavy atom. The number of oxime groups is 1. The van der Waals surface area contributed by atoms with E-state index in [2.05, 4.69) is 33.8 Å². The Labute approximate surface area is 126 Å². The maximum atomic E-state index is 8.71. The first-order valence-corrected chi connectivity index (χ1v) is 7.53. The predicted octanol–water partition coefficient (Wildman–Crippen LogP) is 1.09. The van der Waals surface area contributed by atoms with Gasteiger partial charge in [0.1, 0.15) is 5.69 Å². The summed E-state index contributed by atoms with van der Waals surface area (Å²) in [6, 6.07) is 4.53. The second kappa shape index (κ2) is 7.38. The largest absolute Gasteiger partial charge is 0.409 e. The normalized spacial score (nSPS) is 19.6. The summed E-state index contributed by atoms with van der Waals surface area (Å²) in [4.78, 5) is 9.09. The highest BCUT2D eigenvalue weighted by Gasteiger charge is 2.20. The van der Waals surface area contributed by atoms with Crippen molar-refractivity contribution < 1.29 is 5.21 Å². The van der Waals surface area contributed by atoms with E-state index < -0.39 is 0 Å². The Morgan fingerprint density at radius 1 is 1.43 bits per heavy atom. The maximum absolute atomic E-state index is 8.71. The van der Waals surface area contributed by atoms with Crippen molar-refractivity contribution in [2.24, 2.45) is 10.9 Å². The third-order valence-corrected chi connectivity index (χ3v) is 4.22. The number of amidine groups is 1. The zero-order chi connectivity index (χ0) is 15.2. The summed E-state index contributed by atoms with van der Waals surface area (Å²) in [6.45, 7) is 9.80. The molecule has 1 aromatic heterocycles. The van der Waals surface area contributed by atoms with E-state index in [-0.39, 0.29) is 5.84 Å². The first-order valence-electron chi connectivity index (χ1n) is 7.53. The van der Waals surface area contributed by atoms with Crippen LogP contribution in [0.4, 0.5) is 0 Å². The van der Waals surface area contributed by atoms with Gasteiger partial charge in [-0.15, -0.1) is 0 Å². The van der Waals surface area contributed by atoms with Crippen molar-refractivity contribution in [3.63, 3.8) is 0 Å². The molecule has 2 rings (SSSR count). The van der Waals surface area contributed by atoms with E-state index in [1.807, 2.05) is 12.1 Å². The van der Waals surface area contributed by atoms with Crippen molar-refractivity contribution in [1.82, 2.24) is 14.8 Å². The minimum absolute atomic E-state index is 0.0541. The van der Waals surface area contributed by atoms with Gasteiger partial charge >= 0.3 is 0 Å². The summed E-state index contributed by atoms with van der Waals surface area (Å²) in [5, 5.41) is 11.7. The molecule has 21 heavy (non-hydrogen) atoms. The zero-order valence-corrected chi connectivity index (χ0v) is 12.9. The van der Waals surface area contributed by atoms with E-state index in [9.17, 15) is 0 Å². The molecule has 0 saturated carbocycles. The summed E-state index contributed by atoms with van der Waals surface area (Å²) in [5.41, 5.74) is 7.24. The van der Waals surface area contributed by atoms with Crippen molar-refractivity contribution in [3.05, 3.63) is 29.6 Å². The minimum Gasteiger partial charge on any atom is -0.409 e. The lowest BCUT2D eigenvalue weighted by Gasteiger charge is -2.37. The van der Waals surface area contributed by atoms with Gasteiger partial charge in [0.05, 0.1) is 0 Å². The van der Waals surface area contributed by atoms with E-state index in [0.717, 1.165) is 38.3 Å². The molecule has 1 unspecified atom stereocenters. The molecule has 1 aliphatic heterocycles. The van der Waals surface area contributed by atoms with E-state index in [4.69, 9.17) is 10.9 Å². The first-order chi connectivity index (χ1) is 10.1. The molecule has 2 heterocycles. The van der Waals surface area contributed by atoms with Gasteiger partial charge in [0.2, 0.25) is 0 Å². The van der Waals surface area contributed by atoms with Crippen LogP contribution in [0.5, 0.6) is 0 Å². The lowest BCUT2D eigenvalue weighted by atomic mass is 10.1. The summed E-state index contributed by atoms with van der Waals surface area (Å²) < 4.78 is 0. The number of rotatable bonds is 5. The van der Waals surface area contributed by atoms with Crippen LogP contribution in [-0.4, -0.2) is 58.0 Å². The molecule has 0 radical (unpaired) electrons. The molecular weight excluding hydrogens is 266 g/mol. The lowest BCUT2D eigenvalue weighted by molar-refractivity contribution is 0.0963. The van der Waals surface area contributed by atoms with Crippen LogP contribution in [0.15, 0.2) is 23.5 Å². The number of hydrogen-bond donors (Lipinski definition) is 2. The molecule has 0 spiro atoms. The van der Waals surface area contributed by atoms with E-state index in [1.54, 1.807) is 6.20 Å². The molecular formula is C15H25N5O. The number of piperazine rings is 1. The van der Waals surface area contributed by atoms with Crippen molar-refractivity contribution in [2.45, 2.75) is 32.9 Å². The second-order valence-electron chi connectivity index (χ2n) is 5.60. The lowest BCUT2D eigenvalue weighted by Crippen LogP contribution is -2.49. The van der Waals surface area contributed by atoms with E-state index >= 15 is 0 Å². The van der Waals surface area contributed by atoms with Crippen LogP contribution >= 0.6 is 0 Å². The van der Waals surface area contributed by atoms with Gasteiger partial charge in [-0.3, -0.25) is 14.8 Å². The average molecular weight is 291 g/mol. The average Bonchev–Trinajstić information content (AvgIpc) is 2.54. The summed E-state index contributed by atoms with van der Waals surface area (Å²) in [5.74, 6) is 0.0541. The second-order valence-corrected chi connectivity index (χ2v) is 5.60. The first kappa shape index (κ1) is 15.7. The molecule has 0 aliphatic carbocycles. The molecule has 0 aromatic carbocycles. The number of pyridine rings is 1. The molecule has 1 fully saturated rings. The number of nitrogens with zero attached hydrogens (tertiary/aromatic N) is 4. The SMILES string of the molecule is CCC(C)N1CCN(Cc2ccnc(C(N)=NO)c2)CC1. The Morgan fingerprint density at radius 3 is 2.76 bits per heavy atom. The van der Waals surface area contributed by atoms with Crippen molar-refractivity contribution >= 4 is 5.84 Å². The molecule has 6 heteroatoms. The highest BCUT2D eigenvalue weighted by Crippen LogP contribution is 2.12. The maximum Gasteiger partial charge on any atom is 0.188 e. The van der Waals surface area contributed by atoms with E-state index in [0.29, 0.717) is 11.7 Å². The van der Waals surface area contributed by atoms with Gasteiger partial charge in [0.25, 0.3) is 0 Å². The Balaban J connectivity index is 1.92. The van der Waals surface area contributed by atoms with Gasteiger partial charge < -0.3 is 10.9 Å². The minimum atomic E-state index is 0.0541. The van der Waals surface area contributed by atoms with Crippen LogP contribution in [0.25, 0.3) is 0 Å². The molecule has 1 aliphatic rings. The fourth-order valence-corrected chi connectivity index (χ4v) is 2.64. The highest BCUT2D eigenvalue weighted by molar-refractivity contribution is 5.95. The third-order valence-electron chi connectivity index (χ3n) is 4.22. The Bertz CT molecular complexity index is 483. The van der Waals surface area contributed by atoms with Gasteiger partial charge in [-0.05, 0) is 31.0 Å². The van der Waals surface area contributed by atoms with Crippen molar-refractivity contribution in [2.75, 3.05) is 26.2 Å². The molecule has 6 nitrogen and oxygen atoms in total. The summed E-state index contributed by atoms with van der Waals surface area (Å²) >= 11 is 0. The predicted molar refractivity (Wildman–Crippen MR) is 83.4 cm³/mol. The monoisotopic (exact) mass is 291 g/mol. The Kier molecular flexibility index (Phi) is 5.52. The highest BCUT2D eigenvalue weighted by atomic mass is 16.4. The van der Waals surface area contributed by atoms with Crippen LogP contribution < -0.4 is 5.73 Å². The summed E-state index contributed by atoms with van der Waals surface area (Å²) in [6.07, 6.45) is 2.91. The van der Waals surface area contributed by atoms with Gasteiger partial charge in [0, 0.05) is 45.0 Å². The van der Waals surface area contributed by atoms with Gasteiger partial charge in [-0.25, -0.2) is 0 Å². The van der Waals surface area contributed by atoms with Crippen molar-refractivity contribution in [3.8, 4) is 0 Å². The molecule has 1 atom stereocenters. The fourth-order valence-electron chi connectivity index (χ4n) is 2.64. The van der Waals surface area contributed by atoms with E-state index in [1.165, 1.54) is 6.42 Å². The van der Waals surface area contributed by atoms with Crippen LogP contribution in [0.1, 0.15) is 31.5 Å². The fraction of sp³-hybridized carbons (Fsp3) is 0.600. The number of nitrogens with two attached hydrogens (primary N) is 1. The van der Waals surface area contributed by atoms with Crippen LogP contribution in [0, 0.1) is 0 Å².